The molecule has 74 valence electrons. The van der Waals surface area contributed by atoms with Crippen LogP contribution >= 0.6 is 0 Å². The van der Waals surface area contributed by atoms with Gasteiger partial charge in [-0.3, -0.25) is 0 Å². The molecule has 0 N–H and O–H groups in total. The van der Waals surface area contributed by atoms with Gasteiger partial charge in [-0.1, -0.05) is 12.1 Å². The molecule has 2 aromatic rings. The lowest BCUT2D eigenvalue weighted by molar-refractivity contribution is 0.190. The monoisotopic (exact) mass is 190 g/mol. The molecule has 0 saturated heterocycles. The Morgan fingerprint density at radius 1 is 1.36 bits per heavy atom. The maximum Gasteiger partial charge on any atom is 0.0958 e. The van der Waals surface area contributed by atoms with Gasteiger partial charge in [-0.05, 0) is 18.6 Å². The van der Waals surface area contributed by atoms with Crippen LogP contribution < -0.4 is 0 Å². The average molecular weight is 190 g/mol. The highest BCUT2D eigenvalue weighted by molar-refractivity contribution is 5.74. The Hall–Kier alpha value is -1.35. The molecule has 3 nitrogen and oxygen atoms in total. The summed E-state index contributed by atoms with van der Waals surface area (Å²) in [5, 5.41) is 0. The second-order valence-electron chi connectivity index (χ2n) is 3.27. The second kappa shape index (κ2) is 4.24. The number of nitrogens with zero attached hydrogens (tertiary/aromatic N) is 2. The van der Waals surface area contributed by atoms with Crippen molar-refractivity contribution in [3.8, 4) is 0 Å². The van der Waals surface area contributed by atoms with Gasteiger partial charge in [0.1, 0.15) is 0 Å². The predicted molar refractivity (Wildman–Crippen MR) is 56.2 cm³/mol. The van der Waals surface area contributed by atoms with E-state index in [9.17, 15) is 0 Å². The van der Waals surface area contributed by atoms with E-state index in [1.165, 1.54) is 5.52 Å². The van der Waals surface area contributed by atoms with Gasteiger partial charge in [-0.15, -0.1) is 0 Å². The van der Waals surface area contributed by atoms with E-state index in [4.69, 9.17) is 4.74 Å². The van der Waals surface area contributed by atoms with Crippen molar-refractivity contribution in [3.63, 3.8) is 0 Å². The molecule has 0 aliphatic heterocycles. The molecule has 0 radical (unpaired) electrons. The van der Waals surface area contributed by atoms with Crippen LogP contribution in [0.15, 0.2) is 30.6 Å². The van der Waals surface area contributed by atoms with Crippen LogP contribution in [0, 0.1) is 0 Å². The molecule has 0 bridgehead atoms. The van der Waals surface area contributed by atoms with Crippen LogP contribution in [-0.2, 0) is 11.3 Å². The molecule has 14 heavy (non-hydrogen) atoms. The van der Waals surface area contributed by atoms with Crippen LogP contribution in [0.2, 0.25) is 0 Å². The summed E-state index contributed by atoms with van der Waals surface area (Å²) in [5.41, 5.74) is 2.26. The minimum absolute atomic E-state index is 0.798. The molecule has 0 aliphatic rings. The minimum atomic E-state index is 0.798. The number of imidazole rings is 1. The van der Waals surface area contributed by atoms with E-state index in [1.807, 2.05) is 24.5 Å². The summed E-state index contributed by atoms with van der Waals surface area (Å²) in [4.78, 5) is 4.32. The fraction of sp³-hybridized carbons (Fsp3) is 0.364. The van der Waals surface area contributed by atoms with Crippen LogP contribution in [0.3, 0.4) is 0 Å². The minimum Gasteiger partial charge on any atom is -0.385 e. The normalized spacial score (nSPS) is 10.9. The molecule has 0 spiro atoms. The largest absolute Gasteiger partial charge is 0.385 e. The number of para-hydroxylation sites is 2. The first-order valence-corrected chi connectivity index (χ1v) is 4.80. The van der Waals surface area contributed by atoms with Gasteiger partial charge in [0.05, 0.1) is 17.4 Å². The van der Waals surface area contributed by atoms with Crippen molar-refractivity contribution in [2.24, 2.45) is 0 Å². The maximum atomic E-state index is 5.02. The first-order valence-electron chi connectivity index (χ1n) is 4.80. The molecule has 3 heteroatoms. The van der Waals surface area contributed by atoms with Crippen LogP contribution in [0.4, 0.5) is 0 Å². The molecule has 1 aromatic heterocycles. The third-order valence-electron chi connectivity index (χ3n) is 2.27. The van der Waals surface area contributed by atoms with Crippen molar-refractivity contribution in [3.05, 3.63) is 30.6 Å². The van der Waals surface area contributed by atoms with Gasteiger partial charge in [-0.25, -0.2) is 4.98 Å². The standard InChI is InChI=1S/C11H14N2O/c1-14-8-4-7-13-9-12-10-5-2-3-6-11(10)13/h2-3,5-6,9H,4,7-8H2,1H3. The summed E-state index contributed by atoms with van der Waals surface area (Å²) in [6.07, 6.45) is 2.91. The van der Waals surface area contributed by atoms with Gasteiger partial charge in [0, 0.05) is 20.3 Å². The lowest BCUT2D eigenvalue weighted by Crippen LogP contribution is -1.99. The molecule has 0 unspecified atom stereocenters. The topological polar surface area (TPSA) is 27.1 Å². The third-order valence-corrected chi connectivity index (χ3v) is 2.27. The molecule has 0 saturated carbocycles. The summed E-state index contributed by atoms with van der Waals surface area (Å²) >= 11 is 0. The van der Waals surface area contributed by atoms with Gasteiger partial charge in [-0.2, -0.15) is 0 Å². The quantitative estimate of drug-likeness (QED) is 0.690. The number of fused-ring (bicyclic) bond motifs is 1. The number of aromatic nitrogens is 2. The smallest absolute Gasteiger partial charge is 0.0958 e. The lowest BCUT2D eigenvalue weighted by atomic mass is 10.3. The van der Waals surface area contributed by atoms with E-state index in [-0.39, 0.29) is 0 Å². The number of rotatable bonds is 4. The van der Waals surface area contributed by atoms with E-state index in [0.29, 0.717) is 0 Å². The zero-order chi connectivity index (χ0) is 9.80. The molecule has 1 aromatic carbocycles. The highest BCUT2D eigenvalue weighted by Gasteiger charge is 1.99. The molecular formula is C11H14N2O. The zero-order valence-electron chi connectivity index (χ0n) is 8.31. The van der Waals surface area contributed by atoms with Crippen molar-refractivity contribution < 1.29 is 4.74 Å². The van der Waals surface area contributed by atoms with Crippen molar-refractivity contribution >= 4 is 11.0 Å². The van der Waals surface area contributed by atoms with E-state index in [1.54, 1.807) is 7.11 Å². The Morgan fingerprint density at radius 3 is 3.07 bits per heavy atom. The number of ether oxygens (including phenoxy) is 1. The van der Waals surface area contributed by atoms with Gasteiger partial charge < -0.3 is 9.30 Å². The average Bonchev–Trinajstić information content (AvgIpc) is 2.63. The van der Waals surface area contributed by atoms with E-state index in [0.717, 1.165) is 25.1 Å². The van der Waals surface area contributed by atoms with Crippen LogP contribution in [0.5, 0.6) is 0 Å². The predicted octanol–water partition coefficient (Wildman–Crippen LogP) is 2.07. The number of hydrogen-bond acceptors (Lipinski definition) is 2. The number of benzene rings is 1. The first kappa shape index (κ1) is 9.21. The van der Waals surface area contributed by atoms with Gasteiger partial charge in [0.25, 0.3) is 0 Å². The summed E-state index contributed by atoms with van der Waals surface area (Å²) in [6, 6.07) is 8.17. The summed E-state index contributed by atoms with van der Waals surface area (Å²) < 4.78 is 7.18. The van der Waals surface area contributed by atoms with Crippen molar-refractivity contribution in [1.82, 2.24) is 9.55 Å². The molecule has 2 rings (SSSR count). The molecule has 0 fully saturated rings. The van der Waals surface area contributed by atoms with E-state index >= 15 is 0 Å². The number of methoxy groups -OCH3 is 1. The van der Waals surface area contributed by atoms with E-state index < -0.39 is 0 Å². The summed E-state index contributed by atoms with van der Waals surface area (Å²) in [7, 11) is 1.73. The fourth-order valence-corrected chi connectivity index (χ4v) is 1.57. The fourth-order valence-electron chi connectivity index (χ4n) is 1.57. The van der Waals surface area contributed by atoms with Crippen molar-refractivity contribution in [2.45, 2.75) is 13.0 Å². The van der Waals surface area contributed by atoms with Gasteiger partial charge in [0.2, 0.25) is 0 Å². The van der Waals surface area contributed by atoms with Crippen LogP contribution in [0.1, 0.15) is 6.42 Å². The molecule has 1 heterocycles. The van der Waals surface area contributed by atoms with E-state index in [2.05, 4.69) is 15.6 Å². The summed E-state index contributed by atoms with van der Waals surface area (Å²) in [5.74, 6) is 0. The second-order valence-corrected chi connectivity index (χ2v) is 3.27. The van der Waals surface area contributed by atoms with Crippen LogP contribution in [0.25, 0.3) is 11.0 Å². The maximum absolute atomic E-state index is 5.02. The third kappa shape index (κ3) is 1.77. The molecule has 0 aliphatic carbocycles. The molecular weight excluding hydrogens is 176 g/mol. The number of aryl methyl sites for hydroxylation is 1. The Labute approximate surface area is 83.3 Å². The van der Waals surface area contributed by atoms with Crippen molar-refractivity contribution in [2.75, 3.05) is 13.7 Å². The van der Waals surface area contributed by atoms with Crippen molar-refractivity contribution in [1.29, 1.82) is 0 Å². The zero-order valence-corrected chi connectivity index (χ0v) is 8.31. The SMILES string of the molecule is COCCCn1cnc2ccccc21. The van der Waals surface area contributed by atoms with Crippen LogP contribution in [-0.4, -0.2) is 23.3 Å². The first-order chi connectivity index (χ1) is 6.92. The summed E-state index contributed by atoms with van der Waals surface area (Å²) in [6.45, 7) is 1.76. The Morgan fingerprint density at radius 2 is 2.21 bits per heavy atom. The van der Waals surface area contributed by atoms with Gasteiger partial charge in [0.15, 0.2) is 0 Å². The number of hydrogen-bond donors (Lipinski definition) is 0. The Kier molecular flexibility index (Phi) is 2.79. The molecule has 0 amide bonds. The molecule has 0 atom stereocenters. The Balaban J connectivity index is 2.17. The lowest BCUT2D eigenvalue weighted by Gasteiger charge is -2.02. The Bertz CT molecular complexity index is 408. The van der Waals surface area contributed by atoms with Gasteiger partial charge >= 0.3 is 0 Å². The highest BCUT2D eigenvalue weighted by atomic mass is 16.5. The highest BCUT2D eigenvalue weighted by Crippen LogP contribution is 2.11.